The van der Waals surface area contributed by atoms with Crippen LogP contribution in [0.15, 0.2) is 64.6 Å². The van der Waals surface area contributed by atoms with Crippen molar-refractivity contribution in [1.82, 2.24) is 9.99 Å². The molecule has 0 fully saturated rings. The SMILES string of the molecule is Cc1ccc(SCCC(=O)N/N=C\c2cc(C)n(-c3ccc(C)cc3)c2C)cc1. The first-order valence-electron chi connectivity index (χ1n) is 9.71. The van der Waals surface area contributed by atoms with Gasteiger partial charge < -0.3 is 4.57 Å². The van der Waals surface area contributed by atoms with Gasteiger partial charge in [0.15, 0.2) is 0 Å². The second kappa shape index (κ2) is 9.61. The number of aromatic nitrogens is 1. The van der Waals surface area contributed by atoms with E-state index in [1.54, 1.807) is 18.0 Å². The summed E-state index contributed by atoms with van der Waals surface area (Å²) in [6, 6.07) is 18.9. The number of nitrogens with zero attached hydrogens (tertiary/aromatic N) is 2. The van der Waals surface area contributed by atoms with Crippen molar-refractivity contribution < 1.29 is 4.79 Å². The monoisotopic (exact) mass is 405 g/mol. The van der Waals surface area contributed by atoms with Gasteiger partial charge in [-0.25, -0.2) is 5.43 Å². The summed E-state index contributed by atoms with van der Waals surface area (Å²) in [5.74, 6) is 0.653. The molecule has 2 aromatic carbocycles. The Morgan fingerprint density at radius 3 is 2.28 bits per heavy atom. The van der Waals surface area contributed by atoms with Crippen molar-refractivity contribution >= 4 is 23.9 Å². The van der Waals surface area contributed by atoms with Crippen LogP contribution >= 0.6 is 11.8 Å². The molecule has 0 atom stereocenters. The van der Waals surface area contributed by atoms with Crippen molar-refractivity contribution in [2.75, 3.05) is 5.75 Å². The molecule has 29 heavy (non-hydrogen) atoms. The zero-order chi connectivity index (χ0) is 20.8. The molecule has 0 aliphatic rings. The molecule has 0 aliphatic carbocycles. The number of hydrazone groups is 1. The highest BCUT2D eigenvalue weighted by molar-refractivity contribution is 7.99. The Kier molecular flexibility index (Phi) is 6.94. The molecule has 1 aromatic heterocycles. The fourth-order valence-corrected chi connectivity index (χ4v) is 3.99. The van der Waals surface area contributed by atoms with Gasteiger partial charge in [-0.05, 0) is 58.0 Å². The van der Waals surface area contributed by atoms with Gasteiger partial charge in [-0.15, -0.1) is 11.8 Å². The summed E-state index contributed by atoms with van der Waals surface area (Å²) in [7, 11) is 0. The van der Waals surface area contributed by atoms with Gasteiger partial charge in [0, 0.05) is 39.7 Å². The molecule has 3 rings (SSSR count). The molecule has 1 amide bonds. The maximum atomic E-state index is 12.0. The highest BCUT2D eigenvalue weighted by Gasteiger charge is 2.09. The second-order valence-corrected chi connectivity index (χ2v) is 8.37. The third-order valence-corrected chi connectivity index (χ3v) is 5.79. The van der Waals surface area contributed by atoms with E-state index in [0.717, 1.165) is 28.4 Å². The number of aryl methyl sites for hydroxylation is 3. The first-order chi connectivity index (χ1) is 13.9. The van der Waals surface area contributed by atoms with Gasteiger partial charge in [0.1, 0.15) is 0 Å². The van der Waals surface area contributed by atoms with Gasteiger partial charge in [0.25, 0.3) is 0 Å². The molecule has 4 nitrogen and oxygen atoms in total. The van der Waals surface area contributed by atoms with Crippen molar-refractivity contribution in [3.05, 3.63) is 82.7 Å². The Morgan fingerprint density at radius 2 is 1.62 bits per heavy atom. The van der Waals surface area contributed by atoms with Crippen molar-refractivity contribution in [2.45, 2.75) is 39.0 Å². The minimum absolute atomic E-state index is 0.0757. The number of benzene rings is 2. The predicted octanol–water partition coefficient (Wildman–Crippen LogP) is 5.34. The summed E-state index contributed by atoms with van der Waals surface area (Å²) in [5, 5.41) is 4.15. The van der Waals surface area contributed by atoms with Crippen LogP contribution < -0.4 is 5.43 Å². The van der Waals surface area contributed by atoms with Crippen LogP contribution in [-0.2, 0) is 4.79 Å². The lowest BCUT2D eigenvalue weighted by Crippen LogP contribution is -2.17. The molecule has 1 heterocycles. The Morgan fingerprint density at radius 1 is 1.00 bits per heavy atom. The predicted molar refractivity (Wildman–Crippen MR) is 122 cm³/mol. The first kappa shape index (κ1) is 20.9. The second-order valence-electron chi connectivity index (χ2n) is 7.20. The maximum Gasteiger partial charge on any atom is 0.240 e. The summed E-state index contributed by atoms with van der Waals surface area (Å²) in [6.07, 6.45) is 2.15. The largest absolute Gasteiger partial charge is 0.318 e. The number of hydrogen-bond acceptors (Lipinski definition) is 3. The fourth-order valence-electron chi connectivity index (χ4n) is 3.14. The molecule has 0 bridgehead atoms. The zero-order valence-corrected chi connectivity index (χ0v) is 18.2. The van der Waals surface area contributed by atoms with Gasteiger partial charge in [0.05, 0.1) is 6.21 Å². The quantitative estimate of drug-likeness (QED) is 0.327. The topological polar surface area (TPSA) is 46.4 Å². The molecule has 0 spiro atoms. The van der Waals surface area contributed by atoms with E-state index in [1.165, 1.54) is 16.0 Å². The van der Waals surface area contributed by atoms with Gasteiger partial charge >= 0.3 is 0 Å². The van der Waals surface area contributed by atoms with Crippen LogP contribution in [0.4, 0.5) is 0 Å². The van der Waals surface area contributed by atoms with Crippen molar-refractivity contribution in [2.24, 2.45) is 5.10 Å². The van der Waals surface area contributed by atoms with Crippen molar-refractivity contribution in [1.29, 1.82) is 0 Å². The van der Waals surface area contributed by atoms with E-state index in [4.69, 9.17) is 0 Å². The smallest absolute Gasteiger partial charge is 0.240 e. The normalized spacial score (nSPS) is 11.2. The van der Waals surface area contributed by atoms with Crippen LogP contribution in [0.5, 0.6) is 0 Å². The molecule has 1 N–H and O–H groups in total. The molecule has 0 radical (unpaired) electrons. The Labute approximate surface area is 177 Å². The fraction of sp³-hybridized carbons (Fsp3) is 0.250. The van der Waals surface area contributed by atoms with Gasteiger partial charge in [-0.2, -0.15) is 5.10 Å². The highest BCUT2D eigenvalue weighted by atomic mass is 32.2. The minimum Gasteiger partial charge on any atom is -0.318 e. The van der Waals surface area contributed by atoms with Crippen LogP contribution in [0.3, 0.4) is 0 Å². The standard InChI is InChI=1S/C24H27N3OS/c1-17-5-9-22(10-6-17)27-19(3)15-21(20(27)4)16-25-26-24(28)13-14-29-23-11-7-18(2)8-12-23/h5-12,15-16H,13-14H2,1-4H3,(H,26,28)/b25-16-. The molecule has 5 heteroatoms. The van der Waals surface area contributed by atoms with Crippen LogP contribution in [0.1, 0.15) is 34.5 Å². The average molecular weight is 406 g/mol. The minimum atomic E-state index is -0.0757. The maximum absolute atomic E-state index is 12.0. The number of amides is 1. The molecule has 3 aromatic rings. The third kappa shape index (κ3) is 5.61. The molecule has 150 valence electrons. The van der Waals surface area contributed by atoms with Crippen LogP contribution in [0.2, 0.25) is 0 Å². The van der Waals surface area contributed by atoms with E-state index in [0.29, 0.717) is 6.42 Å². The number of rotatable bonds is 7. The van der Waals surface area contributed by atoms with Crippen LogP contribution in [0, 0.1) is 27.7 Å². The number of hydrogen-bond donors (Lipinski definition) is 1. The molecule has 0 saturated heterocycles. The first-order valence-corrected chi connectivity index (χ1v) is 10.7. The third-order valence-electron chi connectivity index (χ3n) is 4.77. The molecule has 0 unspecified atom stereocenters. The average Bonchev–Trinajstić information content (AvgIpc) is 2.98. The lowest BCUT2D eigenvalue weighted by molar-refractivity contribution is -0.120. The van der Waals surface area contributed by atoms with Crippen molar-refractivity contribution in [3.63, 3.8) is 0 Å². The van der Waals surface area contributed by atoms with E-state index in [9.17, 15) is 4.79 Å². The van der Waals surface area contributed by atoms with Gasteiger partial charge in [0.2, 0.25) is 5.91 Å². The van der Waals surface area contributed by atoms with Gasteiger partial charge in [-0.1, -0.05) is 35.4 Å². The number of nitrogens with one attached hydrogen (secondary N) is 1. The highest BCUT2D eigenvalue weighted by Crippen LogP contribution is 2.20. The molecular formula is C24H27N3OS. The summed E-state index contributed by atoms with van der Waals surface area (Å²) >= 11 is 1.68. The van der Waals surface area contributed by atoms with E-state index >= 15 is 0 Å². The summed E-state index contributed by atoms with van der Waals surface area (Å²) in [5.41, 5.74) is 9.47. The van der Waals surface area contributed by atoms with E-state index < -0.39 is 0 Å². The molecule has 0 saturated carbocycles. The zero-order valence-electron chi connectivity index (χ0n) is 17.4. The Hall–Kier alpha value is -2.79. The summed E-state index contributed by atoms with van der Waals surface area (Å²) in [6.45, 7) is 8.29. The number of carbonyl (C=O) groups is 1. The van der Waals surface area contributed by atoms with Crippen LogP contribution in [-0.4, -0.2) is 22.4 Å². The van der Waals surface area contributed by atoms with Crippen molar-refractivity contribution in [3.8, 4) is 5.69 Å². The Balaban J connectivity index is 1.54. The number of thioether (sulfide) groups is 1. The van der Waals surface area contributed by atoms with Gasteiger partial charge in [-0.3, -0.25) is 4.79 Å². The molecular weight excluding hydrogens is 378 g/mol. The van der Waals surface area contributed by atoms with Crippen LogP contribution in [0.25, 0.3) is 5.69 Å². The summed E-state index contributed by atoms with van der Waals surface area (Å²) < 4.78 is 2.20. The van der Waals surface area contributed by atoms with E-state index in [1.807, 2.05) is 0 Å². The Bertz CT molecular complexity index is 1000. The van der Waals surface area contributed by atoms with E-state index in [2.05, 4.69) is 97.4 Å². The lowest BCUT2D eigenvalue weighted by atomic mass is 10.2. The number of carbonyl (C=O) groups excluding carboxylic acids is 1. The molecule has 0 aliphatic heterocycles. The summed E-state index contributed by atoms with van der Waals surface area (Å²) in [4.78, 5) is 13.2. The van der Waals surface area contributed by atoms with E-state index in [-0.39, 0.29) is 5.91 Å². The lowest BCUT2D eigenvalue weighted by Gasteiger charge is -2.09.